The fourth-order valence-electron chi connectivity index (χ4n) is 5.18. The Morgan fingerprint density at radius 2 is 1.81 bits per heavy atom. The van der Waals surface area contributed by atoms with Crippen molar-refractivity contribution >= 4 is 40.8 Å². The molecule has 31 heavy (non-hydrogen) atoms. The zero-order chi connectivity index (χ0) is 21.8. The molecule has 4 aliphatic rings. The van der Waals surface area contributed by atoms with Crippen LogP contribution in [0.4, 0.5) is 10.5 Å². The molecule has 6 rings (SSSR count). The molecular formula is C23H23Cl2N3O3. The zero-order valence-electron chi connectivity index (χ0n) is 17.2. The van der Waals surface area contributed by atoms with Gasteiger partial charge in [-0.1, -0.05) is 23.2 Å². The molecule has 8 heteroatoms. The number of ether oxygens (including phenoxy) is 1. The van der Waals surface area contributed by atoms with E-state index in [1.54, 1.807) is 29.2 Å². The SMILES string of the molecule is Cc1cc(OCC(=O)NC23CC(N4CCN(c5ccc(Cl)cc5)C4=O)(C2)C3)ccc1Cl. The summed E-state index contributed by atoms with van der Waals surface area (Å²) in [6.07, 6.45) is 2.39. The number of benzene rings is 2. The lowest BCUT2D eigenvalue weighted by atomic mass is 9.43. The number of urea groups is 1. The number of rotatable bonds is 6. The molecule has 3 aliphatic carbocycles. The van der Waals surface area contributed by atoms with Crippen LogP contribution in [0.5, 0.6) is 5.75 Å². The van der Waals surface area contributed by atoms with Crippen LogP contribution in [0.1, 0.15) is 24.8 Å². The van der Waals surface area contributed by atoms with E-state index in [0.717, 1.165) is 30.5 Å². The Bertz CT molecular complexity index is 1040. The van der Waals surface area contributed by atoms with Gasteiger partial charge in [0.05, 0.1) is 5.54 Å². The first-order valence-electron chi connectivity index (χ1n) is 10.3. The third kappa shape index (κ3) is 3.52. The van der Waals surface area contributed by atoms with E-state index in [2.05, 4.69) is 5.32 Å². The van der Waals surface area contributed by atoms with Crippen molar-refractivity contribution in [3.8, 4) is 5.75 Å². The molecule has 1 heterocycles. The van der Waals surface area contributed by atoms with Gasteiger partial charge >= 0.3 is 6.03 Å². The third-order valence-electron chi connectivity index (χ3n) is 6.63. The molecule has 0 aromatic heterocycles. The smallest absolute Gasteiger partial charge is 0.325 e. The number of nitrogens with zero attached hydrogens (tertiary/aromatic N) is 2. The van der Waals surface area contributed by atoms with Gasteiger partial charge in [0.25, 0.3) is 5.91 Å². The molecule has 0 atom stereocenters. The standard InChI is InChI=1S/C23H23Cl2N3O3/c1-15-10-18(6-7-19(15)25)31-11-20(29)26-22-12-23(13-22,14-22)28-9-8-27(21(28)30)17-4-2-16(24)3-5-17/h2-7,10H,8-9,11-14H2,1H3,(H,26,29). The van der Waals surface area contributed by atoms with Crippen LogP contribution in [0.2, 0.25) is 10.0 Å². The maximum absolute atomic E-state index is 13.0. The van der Waals surface area contributed by atoms with Gasteiger partial charge in [0.1, 0.15) is 5.75 Å². The average molecular weight is 460 g/mol. The highest BCUT2D eigenvalue weighted by Gasteiger charge is 2.72. The first kappa shape index (κ1) is 20.5. The van der Waals surface area contributed by atoms with Crippen molar-refractivity contribution in [3.63, 3.8) is 0 Å². The van der Waals surface area contributed by atoms with E-state index in [9.17, 15) is 9.59 Å². The number of carbonyl (C=O) groups excluding carboxylic acids is 2. The van der Waals surface area contributed by atoms with Crippen LogP contribution in [-0.2, 0) is 4.79 Å². The quantitative estimate of drug-likeness (QED) is 0.695. The minimum Gasteiger partial charge on any atom is -0.484 e. The molecule has 1 N–H and O–H groups in total. The molecule has 2 aromatic carbocycles. The van der Waals surface area contributed by atoms with Crippen LogP contribution in [0.3, 0.4) is 0 Å². The van der Waals surface area contributed by atoms with Crippen molar-refractivity contribution in [2.24, 2.45) is 0 Å². The molecule has 3 saturated carbocycles. The minimum atomic E-state index is -0.204. The third-order valence-corrected chi connectivity index (χ3v) is 7.30. The van der Waals surface area contributed by atoms with Gasteiger partial charge in [-0.25, -0.2) is 4.79 Å². The van der Waals surface area contributed by atoms with E-state index in [-0.39, 0.29) is 29.6 Å². The molecule has 0 unspecified atom stereocenters. The van der Waals surface area contributed by atoms with Gasteiger partial charge in [0, 0.05) is 34.4 Å². The second-order valence-corrected chi connectivity index (χ2v) is 9.69. The van der Waals surface area contributed by atoms with Crippen LogP contribution in [0, 0.1) is 6.92 Å². The predicted octanol–water partition coefficient (Wildman–Crippen LogP) is 4.41. The van der Waals surface area contributed by atoms with E-state index in [1.807, 2.05) is 30.0 Å². The molecule has 4 fully saturated rings. The number of aryl methyl sites for hydroxylation is 1. The first-order valence-corrected chi connectivity index (χ1v) is 11.1. The molecule has 162 valence electrons. The zero-order valence-corrected chi connectivity index (χ0v) is 18.7. The molecule has 1 saturated heterocycles. The summed E-state index contributed by atoms with van der Waals surface area (Å²) in [6.45, 7) is 3.22. The lowest BCUT2D eigenvalue weighted by Gasteiger charge is -2.72. The second-order valence-electron chi connectivity index (χ2n) is 8.85. The minimum absolute atomic E-state index is 0.0309. The van der Waals surface area contributed by atoms with Crippen LogP contribution in [-0.4, -0.2) is 47.6 Å². The highest BCUT2D eigenvalue weighted by molar-refractivity contribution is 6.31. The van der Waals surface area contributed by atoms with E-state index in [0.29, 0.717) is 28.9 Å². The fraction of sp³-hybridized carbons (Fsp3) is 0.391. The summed E-state index contributed by atoms with van der Waals surface area (Å²) in [5.74, 6) is 0.479. The summed E-state index contributed by atoms with van der Waals surface area (Å²) in [5, 5.41) is 4.43. The molecule has 0 radical (unpaired) electrons. The molecule has 2 aromatic rings. The van der Waals surface area contributed by atoms with E-state index < -0.39 is 0 Å². The summed E-state index contributed by atoms with van der Waals surface area (Å²) in [4.78, 5) is 29.2. The van der Waals surface area contributed by atoms with Gasteiger partial charge in [0.2, 0.25) is 0 Å². The number of anilines is 1. The van der Waals surface area contributed by atoms with E-state index in [4.69, 9.17) is 27.9 Å². The molecule has 3 amide bonds. The molecule has 1 aliphatic heterocycles. The summed E-state index contributed by atoms with van der Waals surface area (Å²) in [6, 6.07) is 12.7. The van der Waals surface area contributed by atoms with E-state index >= 15 is 0 Å². The van der Waals surface area contributed by atoms with Crippen LogP contribution in [0.15, 0.2) is 42.5 Å². The van der Waals surface area contributed by atoms with Gasteiger partial charge in [-0.05, 0) is 74.2 Å². The van der Waals surface area contributed by atoms with Crippen molar-refractivity contribution in [2.45, 2.75) is 37.3 Å². The van der Waals surface area contributed by atoms with Gasteiger partial charge in [0.15, 0.2) is 6.61 Å². The van der Waals surface area contributed by atoms with Crippen molar-refractivity contribution in [1.29, 1.82) is 0 Å². The van der Waals surface area contributed by atoms with Gasteiger partial charge < -0.3 is 15.0 Å². The fourth-order valence-corrected chi connectivity index (χ4v) is 5.42. The number of halogens is 2. The highest BCUT2D eigenvalue weighted by Crippen LogP contribution is 2.64. The van der Waals surface area contributed by atoms with Gasteiger partial charge in [-0.15, -0.1) is 0 Å². The van der Waals surface area contributed by atoms with Crippen LogP contribution in [0.25, 0.3) is 0 Å². The largest absolute Gasteiger partial charge is 0.484 e. The van der Waals surface area contributed by atoms with E-state index in [1.165, 1.54) is 0 Å². The second kappa shape index (κ2) is 7.31. The van der Waals surface area contributed by atoms with Crippen molar-refractivity contribution in [2.75, 3.05) is 24.6 Å². The summed E-state index contributed by atoms with van der Waals surface area (Å²) in [5.41, 5.74) is 1.44. The number of hydrogen-bond donors (Lipinski definition) is 1. The van der Waals surface area contributed by atoms with Gasteiger partial charge in [-0.3, -0.25) is 9.69 Å². The maximum Gasteiger partial charge on any atom is 0.325 e. The topological polar surface area (TPSA) is 61.9 Å². The first-order chi connectivity index (χ1) is 14.8. The van der Waals surface area contributed by atoms with Crippen LogP contribution < -0.4 is 15.0 Å². The Balaban J connectivity index is 1.13. The van der Waals surface area contributed by atoms with Crippen molar-refractivity contribution in [3.05, 3.63) is 58.1 Å². The Hall–Kier alpha value is -2.44. The summed E-state index contributed by atoms with van der Waals surface area (Å²) in [7, 11) is 0. The lowest BCUT2D eigenvalue weighted by molar-refractivity contribution is -0.165. The Kier molecular flexibility index (Phi) is 4.83. The average Bonchev–Trinajstić information content (AvgIpc) is 3.06. The number of nitrogens with one attached hydrogen (secondary N) is 1. The number of hydrogen-bond acceptors (Lipinski definition) is 3. The normalized spacial score (nSPS) is 26.4. The van der Waals surface area contributed by atoms with Crippen molar-refractivity contribution in [1.82, 2.24) is 10.2 Å². The Morgan fingerprint density at radius 1 is 1.10 bits per heavy atom. The van der Waals surface area contributed by atoms with Crippen LogP contribution >= 0.6 is 23.2 Å². The molecule has 6 nitrogen and oxygen atoms in total. The molecular weight excluding hydrogens is 437 g/mol. The Labute approximate surface area is 191 Å². The van der Waals surface area contributed by atoms with Gasteiger partial charge in [-0.2, -0.15) is 0 Å². The summed E-state index contributed by atoms with van der Waals surface area (Å²) < 4.78 is 5.60. The lowest BCUT2D eigenvalue weighted by Crippen LogP contribution is -2.84. The maximum atomic E-state index is 13.0. The number of amides is 3. The molecule has 2 bridgehead atoms. The summed E-state index contributed by atoms with van der Waals surface area (Å²) >= 11 is 12.0. The predicted molar refractivity (Wildman–Crippen MR) is 120 cm³/mol. The van der Waals surface area contributed by atoms with Crippen molar-refractivity contribution < 1.29 is 14.3 Å². The Morgan fingerprint density at radius 3 is 2.48 bits per heavy atom. The monoisotopic (exact) mass is 459 g/mol. The number of carbonyl (C=O) groups is 2. The highest BCUT2D eigenvalue weighted by atomic mass is 35.5. The molecule has 0 spiro atoms.